The summed E-state index contributed by atoms with van der Waals surface area (Å²) in [5, 5.41) is 13.6. The summed E-state index contributed by atoms with van der Waals surface area (Å²) in [6.07, 6.45) is 0. The summed E-state index contributed by atoms with van der Waals surface area (Å²) >= 11 is 3.31. The number of nitro benzene ring substituents is 1. The molecule has 0 spiro atoms. The molecule has 2 rings (SSSR count). The molecule has 0 bridgehead atoms. The summed E-state index contributed by atoms with van der Waals surface area (Å²) in [6.45, 7) is 1.93. The maximum atomic E-state index is 12.0. The van der Waals surface area contributed by atoms with Crippen molar-refractivity contribution in [1.82, 2.24) is 5.32 Å². The summed E-state index contributed by atoms with van der Waals surface area (Å²) in [7, 11) is 0. The van der Waals surface area contributed by atoms with Crippen LogP contribution >= 0.6 is 15.9 Å². The quantitative estimate of drug-likeness (QED) is 0.677. The van der Waals surface area contributed by atoms with Gasteiger partial charge in [-0.2, -0.15) is 0 Å². The Bertz CT molecular complexity index is 684. The lowest BCUT2D eigenvalue weighted by molar-refractivity contribution is -0.385. The molecule has 0 saturated heterocycles. The Morgan fingerprint density at radius 1 is 1.24 bits per heavy atom. The van der Waals surface area contributed by atoms with Gasteiger partial charge in [-0.3, -0.25) is 14.9 Å². The van der Waals surface area contributed by atoms with E-state index in [4.69, 9.17) is 0 Å². The van der Waals surface area contributed by atoms with E-state index in [0.717, 1.165) is 10.0 Å². The maximum Gasteiger partial charge on any atom is 0.272 e. The van der Waals surface area contributed by atoms with Crippen LogP contribution in [0.15, 0.2) is 46.9 Å². The molecule has 0 aliphatic heterocycles. The summed E-state index contributed by atoms with van der Waals surface area (Å²) in [5.74, 6) is -0.214. The van der Waals surface area contributed by atoms with E-state index in [0.29, 0.717) is 11.1 Å². The van der Waals surface area contributed by atoms with Crippen LogP contribution in [0.4, 0.5) is 5.69 Å². The molecule has 0 aromatic heterocycles. The SMILES string of the molecule is Cc1c(CNC(=O)c2ccc(Br)cc2)cccc1[N+](=O)[O-]. The molecule has 0 aliphatic rings. The number of carbonyl (C=O) groups is 1. The second-order valence-electron chi connectivity index (χ2n) is 4.51. The number of halogens is 1. The first-order valence-corrected chi connectivity index (χ1v) is 7.05. The van der Waals surface area contributed by atoms with E-state index >= 15 is 0 Å². The molecule has 0 unspecified atom stereocenters. The van der Waals surface area contributed by atoms with Crippen molar-refractivity contribution in [3.63, 3.8) is 0 Å². The minimum absolute atomic E-state index is 0.0605. The highest BCUT2D eigenvalue weighted by atomic mass is 79.9. The van der Waals surface area contributed by atoms with Gasteiger partial charge in [0.2, 0.25) is 0 Å². The van der Waals surface area contributed by atoms with Crippen molar-refractivity contribution < 1.29 is 9.72 Å². The average Bonchev–Trinajstić information content (AvgIpc) is 2.46. The zero-order valence-electron chi connectivity index (χ0n) is 11.3. The summed E-state index contributed by atoms with van der Waals surface area (Å²) in [6, 6.07) is 11.8. The molecule has 2 aromatic rings. The fourth-order valence-electron chi connectivity index (χ4n) is 1.94. The van der Waals surface area contributed by atoms with Crippen LogP contribution in [-0.4, -0.2) is 10.8 Å². The fourth-order valence-corrected chi connectivity index (χ4v) is 2.20. The number of amides is 1. The zero-order valence-corrected chi connectivity index (χ0v) is 12.9. The highest BCUT2D eigenvalue weighted by molar-refractivity contribution is 9.10. The molecule has 21 heavy (non-hydrogen) atoms. The van der Waals surface area contributed by atoms with Crippen molar-refractivity contribution in [3.8, 4) is 0 Å². The van der Waals surface area contributed by atoms with E-state index in [2.05, 4.69) is 21.2 Å². The number of hydrogen-bond donors (Lipinski definition) is 1. The highest BCUT2D eigenvalue weighted by Gasteiger charge is 2.13. The van der Waals surface area contributed by atoms with Gasteiger partial charge in [0.25, 0.3) is 11.6 Å². The molecule has 5 nitrogen and oxygen atoms in total. The van der Waals surface area contributed by atoms with Gasteiger partial charge < -0.3 is 5.32 Å². The van der Waals surface area contributed by atoms with Crippen LogP contribution in [0.25, 0.3) is 0 Å². The minimum Gasteiger partial charge on any atom is -0.348 e. The van der Waals surface area contributed by atoms with Gasteiger partial charge in [-0.1, -0.05) is 28.1 Å². The van der Waals surface area contributed by atoms with Crippen LogP contribution in [-0.2, 0) is 6.54 Å². The smallest absolute Gasteiger partial charge is 0.272 e. The molecule has 2 aromatic carbocycles. The molecule has 1 N–H and O–H groups in total. The average molecular weight is 349 g/mol. The van der Waals surface area contributed by atoms with Gasteiger partial charge in [0.05, 0.1) is 4.92 Å². The zero-order chi connectivity index (χ0) is 15.4. The molecular formula is C15H13BrN2O3. The number of nitrogens with one attached hydrogen (secondary N) is 1. The maximum absolute atomic E-state index is 12.0. The molecule has 0 saturated carbocycles. The summed E-state index contributed by atoms with van der Waals surface area (Å²) in [4.78, 5) is 22.5. The van der Waals surface area contributed by atoms with Crippen LogP contribution in [0, 0.1) is 17.0 Å². The van der Waals surface area contributed by atoms with E-state index in [-0.39, 0.29) is 18.1 Å². The molecule has 108 valence electrons. The first kappa shape index (κ1) is 15.2. The lowest BCUT2D eigenvalue weighted by Gasteiger charge is -2.08. The van der Waals surface area contributed by atoms with Gasteiger partial charge in [0, 0.05) is 28.2 Å². The molecule has 0 fully saturated rings. The molecule has 0 atom stereocenters. The van der Waals surface area contributed by atoms with Crippen molar-refractivity contribution in [2.45, 2.75) is 13.5 Å². The third-order valence-corrected chi connectivity index (χ3v) is 3.69. The van der Waals surface area contributed by atoms with E-state index in [9.17, 15) is 14.9 Å². The number of carbonyl (C=O) groups excluding carboxylic acids is 1. The predicted octanol–water partition coefficient (Wildman–Crippen LogP) is 3.60. The van der Waals surface area contributed by atoms with Gasteiger partial charge in [-0.25, -0.2) is 0 Å². The van der Waals surface area contributed by atoms with Gasteiger partial charge in [-0.05, 0) is 36.8 Å². The van der Waals surface area contributed by atoms with Gasteiger partial charge >= 0.3 is 0 Å². The standard InChI is InChI=1S/C15H13BrN2O3/c1-10-12(3-2-4-14(10)18(20)21)9-17-15(19)11-5-7-13(16)8-6-11/h2-8H,9H2,1H3,(H,17,19). The lowest BCUT2D eigenvalue weighted by Crippen LogP contribution is -2.23. The highest BCUT2D eigenvalue weighted by Crippen LogP contribution is 2.21. The lowest BCUT2D eigenvalue weighted by atomic mass is 10.1. The molecule has 6 heteroatoms. The number of nitro groups is 1. The molecule has 0 radical (unpaired) electrons. The topological polar surface area (TPSA) is 72.2 Å². The first-order valence-electron chi connectivity index (χ1n) is 6.25. The van der Waals surface area contributed by atoms with Crippen LogP contribution in [0.2, 0.25) is 0 Å². The Morgan fingerprint density at radius 2 is 1.90 bits per heavy atom. The Morgan fingerprint density at radius 3 is 2.52 bits per heavy atom. The van der Waals surface area contributed by atoms with Crippen LogP contribution in [0.5, 0.6) is 0 Å². The normalized spacial score (nSPS) is 10.2. The summed E-state index contributed by atoms with van der Waals surface area (Å²) in [5.41, 5.74) is 1.90. The van der Waals surface area contributed by atoms with Crippen molar-refractivity contribution in [2.75, 3.05) is 0 Å². The predicted molar refractivity (Wildman–Crippen MR) is 83.1 cm³/mol. The molecular weight excluding hydrogens is 336 g/mol. The van der Waals surface area contributed by atoms with Gasteiger partial charge in [-0.15, -0.1) is 0 Å². The monoisotopic (exact) mass is 348 g/mol. The number of hydrogen-bond acceptors (Lipinski definition) is 3. The van der Waals surface area contributed by atoms with Crippen LogP contribution < -0.4 is 5.32 Å². The number of nitrogens with zero attached hydrogens (tertiary/aromatic N) is 1. The Hall–Kier alpha value is -2.21. The molecule has 0 heterocycles. The second kappa shape index (κ2) is 6.49. The Labute approximate surface area is 130 Å². The van der Waals surface area contributed by atoms with Crippen LogP contribution in [0.1, 0.15) is 21.5 Å². The molecule has 0 aliphatic carbocycles. The van der Waals surface area contributed by atoms with E-state index in [1.807, 2.05) is 0 Å². The van der Waals surface area contributed by atoms with Gasteiger partial charge in [0.1, 0.15) is 0 Å². The van der Waals surface area contributed by atoms with Gasteiger partial charge in [0.15, 0.2) is 0 Å². The number of benzene rings is 2. The van der Waals surface area contributed by atoms with Crippen molar-refractivity contribution >= 4 is 27.5 Å². The summed E-state index contributed by atoms with van der Waals surface area (Å²) < 4.78 is 0.897. The third kappa shape index (κ3) is 3.66. The Kier molecular flexibility index (Phi) is 4.70. The molecule has 1 amide bonds. The first-order chi connectivity index (χ1) is 9.99. The van der Waals surface area contributed by atoms with Crippen molar-refractivity contribution in [1.29, 1.82) is 0 Å². The second-order valence-corrected chi connectivity index (χ2v) is 5.42. The van der Waals surface area contributed by atoms with Crippen LogP contribution in [0.3, 0.4) is 0 Å². The number of rotatable bonds is 4. The van der Waals surface area contributed by atoms with E-state index in [1.165, 1.54) is 6.07 Å². The van der Waals surface area contributed by atoms with Crippen molar-refractivity contribution in [3.05, 3.63) is 73.7 Å². The largest absolute Gasteiger partial charge is 0.348 e. The van der Waals surface area contributed by atoms with Crippen molar-refractivity contribution in [2.24, 2.45) is 0 Å². The fraction of sp³-hybridized carbons (Fsp3) is 0.133. The van der Waals surface area contributed by atoms with E-state index < -0.39 is 4.92 Å². The third-order valence-electron chi connectivity index (χ3n) is 3.16. The minimum atomic E-state index is -0.421. The van der Waals surface area contributed by atoms with E-state index in [1.54, 1.807) is 43.3 Å². The Balaban J connectivity index is 2.10.